The van der Waals surface area contributed by atoms with Crippen LogP contribution in [0.15, 0.2) is 22.7 Å². The van der Waals surface area contributed by atoms with Crippen LogP contribution in [0.3, 0.4) is 0 Å². The molecule has 21 heavy (non-hydrogen) atoms. The second-order valence-electron chi connectivity index (χ2n) is 5.50. The van der Waals surface area contributed by atoms with Crippen molar-refractivity contribution in [3.8, 4) is 0 Å². The van der Waals surface area contributed by atoms with Crippen molar-refractivity contribution in [3.05, 3.63) is 28.2 Å². The topological polar surface area (TPSA) is 64.3 Å². The van der Waals surface area contributed by atoms with E-state index in [-0.39, 0.29) is 17.9 Å². The maximum Gasteiger partial charge on any atom is 0.227 e. The molecule has 1 aromatic carbocycles. The number of amides is 1. The van der Waals surface area contributed by atoms with E-state index in [1.54, 1.807) is 7.11 Å². The number of rotatable bonds is 8. The highest BCUT2D eigenvalue weighted by molar-refractivity contribution is 9.10. The molecule has 2 unspecified atom stereocenters. The Morgan fingerprint density at radius 2 is 2.10 bits per heavy atom. The van der Waals surface area contributed by atoms with Gasteiger partial charge in [0.1, 0.15) is 0 Å². The average molecular weight is 357 g/mol. The third-order valence-electron chi connectivity index (χ3n) is 3.41. The van der Waals surface area contributed by atoms with Gasteiger partial charge in [-0.2, -0.15) is 0 Å². The third kappa shape index (κ3) is 6.16. The van der Waals surface area contributed by atoms with Crippen LogP contribution in [0.25, 0.3) is 0 Å². The van der Waals surface area contributed by atoms with Gasteiger partial charge in [-0.05, 0) is 31.9 Å². The predicted octanol–water partition coefficient (Wildman–Crippen LogP) is 3.69. The largest absolute Gasteiger partial charge is 0.380 e. The quantitative estimate of drug-likeness (QED) is 0.746. The summed E-state index contributed by atoms with van der Waals surface area (Å²) in [6.45, 7) is 4.39. The summed E-state index contributed by atoms with van der Waals surface area (Å²) in [5.74, 6) is 0.00764. The van der Waals surface area contributed by atoms with E-state index in [4.69, 9.17) is 10.5 Å². The van der Waals surface area contributed by atoms with E-state index in [9.17, 15) is 4.79 Å². The van der Waals surface area contributed by atoms with Crippen LogP contribution in [0.1, 0.15) is 38.7 Å². The summed E-state index contributed by atoms with van der Waals surface area (Å²) in [7, 11) is 1.64. The minimum absolute atomic E-state index is 0.0295. The van der Waals surface area contributed by atoms with Gasteiger partial charge >= 0.3 is 0 Å². The minimum atomic E-state index is -0.0295. The minimum Gasteiger partial charge on any atom is -0.380 e. The molecule has 4 nitrogen and oxygen atoms in total. The van der Waals surface area contributed by atoms with Gasteiger partial charge in [-0.1, -0.05) is 35.3 Å². The third-order valence-corrected chi connectivity index (χ3v) is 4.15. The number of ether oxygens (including phenoxy) is 1. The van der Waals surface area contributed by atoms with Crippen molar-refractivity contribution < 1.29 is 9.53 Å². The van der Waals surface area contributed by atoms with Gasteiger partial charge in [-0.3, -0.25) is 4.79 Å². The normalized spacial score (nSPS) is 13.8. The van der Waals surface area contributed by atoms with Crippen LogP contribution in [0.5, 0.6) is 0 Å². The van der Waals surface area contributed by atoms with Gasteiger partial charge in [0.05, 0.1) is 6.61 Å². The van der Waals surface area contributed by atoms with E-state index in [1.807, 2.05) is 32.0 Å². The SMILES string of the molecule is COCc1c(Br)cccc1NC(=O)C(C)CCCC(C)N. The highest BCUT2D eigenvalue weighted by Crippen LogP contribution is 2.26. The van der Waals surface area contributed by atoms with Gasteiger partial charge < -0.3 is 15.8 Å². The number of nitrogens with one attached hydrogen (secondary N) is 1. The molecule has 1 amide bonds. The van der Waals surface area contributed by atoms with E-state index in [0.717, 1.165) is 35.0 Å². The van der Waals surface area contributed by atoms with Crippen molar-refractivity contribution in [2.24, 2.45) is 11.7 Å². The summed E-state index contributed by atoms with van der Waals surface area (Å²) in [4.78, 5) is 12.3. The molecule has 0 saturated heterocycles. The summed E-state index contributed by atoms with van der Waals surface area (Å²) < 4.78 is 6.12. The smallest absolute Gasteiger partial charge is 0.227 e. The number of benzene rings is 1. The van der Waals surface area contributed by atoms with Gasteiger partial charge in [0.15, 0.2) is 0 Å². The van der Waals surface area contributed by atoms with Crippen molar-refractivity contribution in [1.82, 2.24) is 0 Å². The van der Waals surface area contributed by atoms with Crippen molar-refractivity contribution >= 4 is 27.5 Å². The van der Waals surface area contributed by atoms with Crippen molar-refractivity contribution in [1.29, 1.82) is 0 Å². The molecule has 0 aliphatic rings. The van der Waals surface area contributed by atoms with Crippen molar-refractivity contribution in [2.75, 3.05) is 12.4 Å². The number of hydrogen-bond acceptors (Lipinski definition) is 3. The first-order valence-corrected chi connectivity index (χ1v) is 8.07. The molecule has 0 heterocycles. The van der Waals surface area contributed by atoms with Gasteiger partial charge in [0, 0.05) is 34.8 Å². The Morgan fingerprint density at radius 3 is 2.71 bits per heavy atom. The van der Waals surface area contributed by atoms with Crippen LogP contribution in [0, 0.1) is 5.92 Å². The van der Waals surface area contributed by atoms with Gasteiger partial charge in [0.2, 0.25) is 5.91 Å². The average Bonchev–Trinajstić information content (AvgIpc) is 2.42. The van der Waals surface area contributed by atoms with Crippen LogP contribution >= 0.6 is 15.9 Å². The zero-order valence-corrected chi connectivity index (χ0v) is 14.6. The lowest BCUT2D eigenvalue weighted by Gasteiger charge is -2.16. The van der Waals surface area contributed by atoms with E-state index < -0.39 is 0 Å². The molecule has 118 valence electrons. The molecule has 0 radical (unpaired) electrons. The second kappa shape index (κ2) is 9.18. The highest BCUT2D eigenvalue weighted by atomic mass is 79.9. The van der Waals surface area contributed by atoms with E-state index in [2.05, 4.69) is 21.2 Å². The summed E-state index contributed by atoms with van der Waals surface area (Å²) >= 11 is 3.49. The number of hydrogen-bond donors (Lipinski definition) is 2. The molecule has 3 N–H and O–H groups in total. The van der Waals surface area contributed by atoms with E-state index in [0.29, 0.717) is 6.61 Å². The molecule has 1 aromatic rings. The summed E-state index contributed by atoms with van der Waals surface area (Å²) in [5.41, 5.74) is 7.48. The molecule has 0 fully saturated rings. The maximum absolute atomic E-state index is 12.3. The summed E-state index contributed by atoms with van der Waals surface area (Å²) in [5, 5.41) is 2.99. The fraction of sp³-hybridized carbons (Fsp3) is 0.562. The molecule has 0 spiro atoms. The monoisotopic (exact) mass is 356 g/mol. The summed E-state index contributed by atoms with van der Waals surface area (Å²) in [6, 6.07) is 5.93. The Bertz CT molecular complexity index is 464. The lowest BCUT2D eigenvalue weighted by molar-refractivity contribution is -0.119. The Morgan fingerprint density at radius 1 is 1.38 bits per heavy atom. The molecule has 1 rings (SSSR count). The molecule has 0 aromatic heterocycles. The van der Waals surface area contributed by atoms with Crippen LogP contribution in [0.4, 0.5) is 5.69 Å². The fourth-order valence-corrected chi connectivity index (χ4v) is 2.58. The van der Waals surface area contributed by atoms with Gasteiger partial charge in [-0.25, -0.2) is 0 Å². The Balaban J connectivity index is 2.63. The fourth-order valence-electron chi connectivity index (χ4n) is 2.10. The van der Waals surface area contributed by atoms with Gasteiger partial charge in [-0.15, -0.1) is 0 Å². The first-order chi connectivity index (χ1) is 9.95. The van der Waals surface area contributed by atoms with Crippen LogP contribution in [0.2, 0.25) is 0 Å². The zero-order valence-electron chi connectivity index (χ0n) is 13.0. The maximum atomic E-state index is 12.3. The van der Waals surface area contributed by atoms with Crippen LogP contribution in [-0.2, 0) is 16.1 Å². The van der Waals surface area contributed by atoms with Crippen LogP contribution in [-0.4, -0.2) is 19.1 Å². The predicted molar refractivity (Wildman–Crippen MR) is 90.1 cm³/mol. The molecular formula is C16H25BrN2O2. The number of methoxy groups -OCH3 is 1. The highest BCUT2D eigenvalue weighted by Gasteiger charge is 2.15. The molecule has 0 aliphatic heterocycles. The lowest BCUT2D eigenvalue weighted by atomic mass is 10.0. The summed E-state index contributed by atoms with van der Waals surface area (Å²) in [6.07, 6.45) is 2.76. The molecule has 5 heteroatoms. The molecule has 2 atom stereocenters. The van der Waals surface area contributed by atoms with Crippen LogP contribution < -0.4 is 11.1 Å². The molecule has 0 saturated carbocycles. The number of anilines is 1. The lowest BCUT2D eigenvalue weighted by Crippen LogP contribution is -2.22. The number of nitrogens with two attached hydrogens (primary N) is 1. The molecule has 0 bridgehead atoms. The second-order valence-corrected chi connectivity index (χ2v) is 6.35. The molecule has 0 aliphatic carbocycles. The molecular weight excluding hydrogens is 332 g/mol. The first kappa shape index (κ1) is 18.1. The van der Waals surface area contributed by atoms with E-state index in [1.165, 1.54) is 0 Å². The number of carbonyl (C=O) groups excluding carboxylic acids is 1. The Labute approximate surface area is 135 Å². The number of carbonyl (C=O) groups is 1. The van der Waals surface area contributed by atoms with E-state index >= 15 is 0 Å². The first-order valence-electron chi connectivity index (χ1n) is 7.28. The Kier molecular flexibility index (Phi) is 7.93. The standard InChI is InChI=1S/C16H25BrN2O2/c1-11(6-4-7-12(2)18)16(20)19-15-9-5-8-14(17)13(15)10-21-3/h5,8-9,11-12H,4,6-7,10,18H2,1-3H3,(H,19,20). The number of halogens is 1. The Hall–Kier alpha value is -0.910. The zero-order chi connectivity index (χ0) is 15.8. The van der Waals surface area contributed by atoms with Crippen molar-refractivity contribution in [3.63, 3.8) is 0 Å². The van der Waals surface area contributed by atoms with Gasteiger partial charge in [0.25, 0.3) is 0 Å². The van der Waals surface area contributed by atoms with Crippen molar-refractivity contribution in [2.45, 2.75) is 45.8 Å².